The second-order valence-electron chi connectivity index (χ2n) is 7.01. The second-order valence-corrected chi connectivity index (χ2v) is 8.34. The number of nitrogens with one attached hydrogen (secondary N) is 2. The molecule has 1 heterocycles. The number of hydrogen-bond acceptors (Lipinski definition) is 7. The monoisotopic (exact) mass is 400 g/mol. The standard InChI is InChI=1S/C20H28N6OS/c1-3-14-8-4-7-11-16(14)23-20-25-17(24-19(21)26-20)12-28-13(2)18(27)22-15-9-5-6-10-15/h4,7-8,11,13,15H,3,5-6,9-10,12H2,1-2H3,(H,22,27)(H3,21,23,24,25,26). The lowest BCUT2D eigenvalue weighted by Gasteiger charge is -2.16. The van der Waals surface area contributed by atoms with E-state index in [0.29, 0.717) is 23.6 Å². The first kappa shape index (κ1) is 20.4. The average Bonchev–Trinajstić information content (AvgIpc) is 3.19. The first-order valence-electron chi connectivity index (χ1n) is 9.82. The summed E-state index contributed by atoms with van der Waals surface area (Å²) in [4.78, 5) is 25.2. The van der Waals surface area contributed by atoms with Crippen LogP contribution in [0.3, 0.4) is 0 Å². The predicted molar refractivity (Wildman–Crippen MR) is 114 cm³/mol. The van der Waals surface area contributed by atoms with Crippen LogP contribution in [0.15, 0.2) is 24.3 Å². The molecule has 0 aliphatic heterocycles. The summed E-state index contributed by atoms with van der Waals surface area (Å²) in [5, 5.41) is 6.20. The van der Waals surface area contributed by atoms with E-state index < -0.39 is 0 Å². The molecular weight excluding hydrogens is 372 g/mol. The average molecular weight is 401 g/mol. The predicted octanol–water partition coefficient (Wildman–Crippen LogP) is 3.44. The number of carbonyl (C=O) groups is 1. The lowest BCUT2D eigenvalue weighted by molar-refractivity contribution is -0.120. The topological polar surface area (TPSA) is 106 Å². The number of aromatic nitrogens is 3. The van der Waals surface area contributed by atoms with Crippen LogP contribution in [0, 0.1) is 0 Å². The minimum atomic E-state index is -0.171. The summed E-state index contributed by atoms with van der Waals surface area (Å²) in [5.74, 6) is 1.73. The first-order chi connectivity index (χ1) is 13.5. The van der Waals surface area contributed by atoms with E-state index in [1.54, 1.807) is 0 Å². The molecule has 1 unspecified atom stereocenters. The third kappa shape index (κ3) is 5.58. The van der Waals surface area contributed by atoms with Crippen LogP contribution in [0.2, 0.25) is 0 Å². The van der Waals surface area contributed by atoms with Crippen molar-refractivity contribution in [2.45, 2.75) is 63.0 Å². The fourth-order valence-corrected chi connectivity index (χ4v) is 4.04. The number of nitrogen functional groups attached to an aromatic ring is 1. The SMILES string of the molecule is CCc1ccccc1Nc1nc(N)nc(CSC(C)C(=O)NC2CCCC2)n1. The van der Waals surface area contributed by atoms with Crippen LogP contribution >= 0.6 is 11.8 Å². The Hall–Kier alpha value is -2.35. The lowest BCUT2D eigenvalue weighted by atomic mass is 10.1. The molecule has 0 radical (unpaired) electrons. The zero-order valence-electron chi connectivity index (χ0n) is 16.4. The summed E-state index contributed by atoms with van der Waals surface area (Å²) in [6.45, 7) is 4.01. The molecule has 1 atom stereocenters. The van der Waals surface area contributed by atoms with Crippen molar-refractivity contribution in [2.24, 2.45) is 0 Å². The van der Waals surface area contributed by atoms with E-state index in [1.807, 2.05) is 25.1 Å². The number of aryl methyl sites for hydroxylation is 1. The highest BCUT2D eigenvalue weighted by atomic mass is 32.2. The molecule has 0 saturated heterocycles. The summed E-state index contributed by atoms with van der Waals surface area (Å²) in [5.41, 5.74) is 8.00. The lowest BCUT2D eigenvalue weighted by Crippen LogP contribution is -2.37. The van der Waals surface area contributed by atoms with Gasteiger partial charge in [0.25, 0.3) is 0 Å². The Balaban J connectivity index is 1.60. The summed E-state index contributed by atoms with van der Waals surface area (Å²) in [6, 6.07) is 8.36. The van der Waals surface area contributed by atoms with E-state index in [-0.39, 0.29) is 17.1 Å². The first-order valence-corrected chi connectivity index (χ1v) is 10.9. The van der Waals surface area contributed by atoms with Gasteiger partial charge in [0.1, 0.15) is 5.82 Å². The number of amides is 1. The van der Waals surface area contributed by atoms with Gasteiger partial charge in [-0.05, 0) is 37.8 Å². The van der Waals surface area contributed by atoms with Gasteiger partial charge in [-0.25, -0.2) is 0 Å². The highest BCUT2D eigenvalue weighted by Gasteiger charge is 2.21. The van der Waals surface area contributed by atoms with Crippen LogP contribution in [-0.2, 0) is 17.0 Å². The van der Waals surface area contributed by atoms with Gasteiger partial charge in [0.05, 0.1) is 11.0 Å². The fraction of sp³-hybridized carbons (Fsp3) is 0.500. The van der Waals surface area contributed by atoms with Crippen molar-refractivity contribution in [3.63, 3.8) is 0 Å². The summed E-state index contributed by atoms with van der Waals surface area (Å²) >= 11 is 1.50. The third-order valence-electron chi connectivity index (χ3n) is 4.88. The highest BCUT2D eigenvalue weighted by molar-refractivity contribution is 7.99. The molecule has 1 aliphatic rings. The minimum absolute atomic E-state index is 0.0779. The molecule has 1 aromatic heterocycles. The van der Waals surface area contributed by atoms with Gasteiger partial charge < -0.3 is 16.4 Å². The number of benzene rings is 1. The number of nitrogens with zero attached hydrogens (tertiary/aromatic N) is 3. The molecule has 150 valence electrons. The largest absolute Gasteiger partial charge is 0.368 e. The van der Waals surface area contributed by atoms with Gasteiger partial charge in [0.15, 0.2) is 0 Å². The quantitative estimate of drug-likeness (QED) is 0.623. The minimum Gasteiger partial charge on any atom is -0.368 e. The molecule has 8 heteroatoms. The number of nitrogens with two attached hydrogens (primary N) is 1. The zero-order chi connectivity index (χ0) is 19.9. The summed E-state index contributed by atoms with van der Waals surface area (Å²) < 4.78 is 0. The maximum absolute atomic E-state index is 12.3. The molecule has 0 spiro atoms. The molecule has 1 saturated carbocycles. The summed E-state index contributed by atoms with van der Waals surface area (Å²) in [6.07, 6.45) is 5.48. The number of para-hydroxylation sites is 1. The number of anilines is 3. The molecule has 2 aromatic rings. The van der Waals surface area contributed by atoms with Gasteiger partial charge in [-0.2, -0.15) is 15.0 Å². The van der Waals surface area contributed by atoms with Crippen molar-refractivity contribution in [1.29, 1.82) is 0 Å². The number of thioether (sulfide) groups is 1. The Bertz CT molecular complexity index is 809. The molecule has 1 aliphatic carbocycles. The van der Waals surface area contributed by atoms with Crippen molar-refractivity contribution in [1.82, 2.24) is 20.3 Å². The van der Waals surface area contributed by atoms with E-state index in [2.05, 4.69) is 38.6 Å². The summed E-state index contributed by atoms with van der Waals surface area (Å²) in [7, 11) is 0. The van der Waals surface area contributed by atoms with Crippen molar-refractivity contribution in [2.75, 3.05) is 11.1 Å². The Labute approximate surface area is 170 Å². The van der Waals surface area contributed by atoms with E-state index >= 15 is 0 Å². The number of hydrogen-bond donors (Lipinski definition) is 3. The second kappa shape index (κ2) is 9.73. The van der Waals surface area contributed by atoms with Crippen LogP contribution in [-0.4, -0.2) is 32.2 Å². The van der Waals surface area contributed by atoms with E-state index in [0.717, 1.165) is 24.9 Å². The molecule has 7 nitrogen and oxygen atoms in total. The van der Waals surface area contributed by atoms with Gasteiger partial charge in [0, 0.05) is 11.7 Å². The molecule has 0 bridgehead atoms. The number of rotatable bonds is 8. The van der Waals surface area contributed by atoms with Crippen molar-refractivity contribution >= 4 is 35.3 Å². The Morgan fingerprint density at radius 2 is 2.00 bits per heavy atom. The van der Waals surface area contributed by atoms with Crippen molar-refractivity contribution in [3.8, 4) is 0 Å². The molecular formula is C20H28N6OS. The molecule has 4 N–H and O–H groups in total. The van der Waals surface area contributed by atoms with E-state index in [4.69, 9.17) is 5.73 Å². The van der Waals surface area contributed by atoms with Crippen LogP contribution < -0.4 is 16.4 Å². The van der Waals surface area contributed by atoms with Gasteiger partial charge in [-0.15, -0.1) is 11.8 Å². The van der Waals surface area contributed by atoms with Crippen LogP contribution in [0.1, 0.15) is 50.9 Å². The van der Waals surface area contributed by atoms with E-state index in [9.17, 15) is 4.79 Å². The van der Waals surface area contributed by atoms with Crippen LogP contribution in [0.4, 0.5) is 17.6 Å². The van der Waals surface area contributed by atoms with Gasteiger partial charge in [-0.1, -0.05) is 38.0 Å². The van der Waals surface area contributed by atoms with Crippen LogP contribution in [0.25, 0.3) is 0 Å². The Morgan fingerprint density at radius 3 is 2.75 bits per heavy atom. The maximum atomic E-state index is 12.3. The number of carbonyl (C=O) groups excluding carboxylic acids is 1. The fourth-order valence-electron chi connectivity index (χ4n) is 3.29. The molecule has 1 aromatic carbocycles. The maximum Gasteiger partial charge on any atom is 0.233 e. The Kier molecular flexibility index (Phi) is 7.08. The van der Waals surface area contributed by atoms with Gasteiger partial charge in [0.2, 0.25) is 17.8 Å². The molecule has 1 fully saturated rings. The van der Waals surface area contributed by atoms with Gasteiger partial charge in [-0.3, -0.25) is 4.79 Å². The molecule has 3 rings (SSSR count). The third-order valence-corrected chi connectivity index (χ3v) is 6.02. The van der Waals surface area contributed by atoms with Crippen molar-refractivity contribution in [3.05, 3.63) is 35.7 Å². The molecule has 28 heavy (non-hydrogen) atoms. The van der Waals surface area contributed by atoms with Crippen molar-refractivity contribution < 1.29 is 4.79 Å². The van der Waals surface area contributed by atoms with E-state index in [1.165, 1.54) is 30.2 Å². The smallest absolute Gasteiger partial charge is 0.233 e. The zero-order valence-corrected chi connectivity index (χ0v) is 17.3. The normalized spacial score (nSPS) is 15.4. The van der Waals surface area contributed by atoms with Gasteiger partial charge >= 0.3 is 0 Å². The van der Waals surface area contributed by atoms with Crippen LogP contribution in [0.5, 0.6) is 0 Å². The highest BCUT2D eigenvalue weighted by Crippen LogP contribution is 2.22. The Morgan fingerprint density at radius 1 is 1.25 bits per heavy atom. The molecule has 1 amide bonds.